The Bertz CT molecular complexity index is 1020. The van der Waals surface area contributed by atoms with Crippen molar-refractivity contribution in [3.05, 3.63) is 29.6 Å². The van der Waals surface area contributed by atoms with E-state index in [2.05, 4.69) is 20.3 Å². The molecule has 2 saturated heterocycles. The highest BCUT2D eigenvalue weighted by Crippen LogP contribution is 2.19. The monoisotopic (exact) mass is 427 g/mol. The van der Waals surface area contributed by atoms with Crippen molar-refractivity contribution < 1.29 is 19.6 Å². The molecule has 0 unspecified atom stereocenters. The van der Waals surface area contributed by atoms with E-state index in [-0.39, 0.29) is 17.2 Å². The van der Waals surface area contributed by atoms with Gasteiger partial charge < -0.3 is 30.6 Å². The van der Waals surface area contributed by atoms with E-state index in [1.807, 2.05) is 0 Å². The van der Waals surface area contributed by atoms with Crippen LogP contribution < -0.4 is 15.5 Å². The first kappa shape index (κ1) is 20.9. The average molecular weight is 427 g/mol. The summed E-state index contributed by atoms with van der Waals surface area (Å²) in [6, 6.07) is 3.47. The van der Waals surface area contributed by atoms with Crippen LogP contribution in [0.25, 0.3) is 5.65 Å². The van der Waals surface area contributed by atoms with Crippen molar-refractivity contribution in [1.29, 1.82) is 5.41 Å². The fourth-order valence-electron chi connectivity index (χ4n) is 3.80. The Kier molecular flexibility index (Phi) is 6.23. The van der Waals surface area contributed by atoms with Gasteiger partial charge in [-0.3, -0.25) is 9.59 Å². The van der Waals surface area contributed by atoms with Gasteiger partial charge in [0.05, 0.1) is 20.3 Å². The second kappa shape index (κ2) is 9.23. The number of nitrogens with two attached hydrogens (primary N) is 1. The number of carbonyl (C=O) groups excluding carboxylic acids is 2. The molecular weight excluding hydrogens is 400 g/mol. The summed E-state index contributed by atoms with van der Waals surface area (Å²) >= 11 is 0. The van der Waals surface area contributed by atoms with Crippen molar-refractivity contribution >= 4 is 35.3 Å². The molecule has 0 spiro atoms. The van der Waals surface area contributed by atoms with Crippen molar-refractivity contribution in [3.63, 3.8) is 0 Å². The molecule has 0 bridgehead atoms. The lowest BCUT2D eigenvalue weighted by atomic mass is 10.1. The topological polar surface area (TPSA) is 133 Å². The number of morpholine rings is 1. The van der Waals surface area contributed by atoms with E-state index < -0.39 is 5.91 Å². The number of hydrogen-bond acceptors (Lipinski definition) is 7. The maximum Gasteiger partial charge on any atom is 0.310 e. The molecule has 4 N–H and O–H groups in total. The van der Waals surface area contributed by atoms with Gasteiger partial charge in [0, 0.05) is 50.3 Å². The van der Waals surface area contributed by atoms with Gasteiger partial charge in [-0.1, -0.05) is 0 Å². The van der Waals surface area contributed by atoms with Gasteiger partial charge in [0.2, 0.25) is 11.6 Å². The second-order valence-corrected chi connectivity index (χ2v) is 7.44. The number of nitrogens with zero attached hydrogens (tertiary/aromatic N) is 5. The Morgan fingerprint density at radius 2 is 1.97 bits per heavy atom. The minimum absolute atomic E-state index is 0.0572. The number of fused-ring (bicyclic) bond motifs is 1. The molecule has 11 nitrogen and oxygen atoms in total. The molecule has 2 fully saturated rings. The number of ether oxygens (including phenoxy) is 1. The molecule has 2 aromatic heterocycles. The van der Waals surface area contributed by atoms with Crippen LogP contribution in [-0.2, 0) is 14.3 Å². The first-order valence-corrected chi connectivity index (χ1v) is 10.4. The lowest BCUT2D eigenvalue weighted by Crippen LogP contribution is -2.80. The molecule has 0 radical (unpaired) electrons. The van der Waals surface area contributed by atoms with Gasteiger partial charge in [0.25, 0.3) is 5.91 Å². The van der Waals surface area contributed by atoms with E-state index in [4.69, 9.17) is 10.1 Å². The smallest absolute Gasteiger partial charge is 0.310 e. The molecule has 0 aromatic carbocycles. The molecule has 2 aliphatic heterocycles. The predicted molar refractivity (Wildman–Crippen MR) is 114 cm³/mol. The van der Waals surface area contributed by atoms with E-state index in [1.165, 1.54) is 0 Å². The zero-order valence-electron chi connectivity index (χ0n) is 17.5. The minimum Gasteiger partial charge on any atom is -0.378 e. The fourth-order valence-corrected chi connectivity index (χ4v) is 3.80. The third-order valence-electron chi connectivity index (χ3n) is 5.47. The van der Waals surface area contributed by atoms with Crippen LogP contribution in [0, 0.1) is 5.41 Å². The molecule has 4 heterocycles. The number of nitrogens with one attached hydrogen (secondary N) is 2. The molecular formula is C20H27N8O3+. The highest BCUT2D eigenvalue weighted by atomic mass is 16.5. The molecule has 2 amide bonds. The third kappa shape index (κ3) is 4.42. The van der Waals surface area contributed by atoms with E-state index in [1.54, 1.807) is 40.1 Å². The van der Waals surface area contributed by atoms with Crippen molar-refractivity contribution in [1.82, 2.24) is 19.5 Å². The number of hydrogen-bond donors (Lipinski definition) is 3. The summed E-state index contributed by atoms with van der Waals surface area (Å²) in [5.74, 6) is -0.110. The summed E-state index contributed by atoms with van der Waals surface area (Å²) in [5.41, 5.74) is 1.38. The van der Waals surface area contributed by atoms with Gasteiger partial charge in [-0.15, -0.1) is 5.10 Å². The summed E-state index contributed by atoms with van der Waals surface area (Å²) in [6.07, 6.45) is 4.96. The highest BCUT2D eigenvalue weighted by Gasteiger charge is 2.27. The second-order valence-electron chi connectivity index (χ2n) is 7.44. The standard InChI is InChI=1S/C20H26N8O3/c1-22-17(15(13-21)19(30)26-8-10-31-11-9-26)18(29)23-14-4-7-28-16(12-14)24-20(25-28)27-5-2-3-6-27/h4,7,12-13,21-22H,2-3,5-6,8-11H2,1H3,(H,23,29)/p+1/b17-15+,21-13?. The van der Waals surface area contributed by atoms with E-state index in [0.29, 0.717) is 43.6 Å². The number of aromatic nitrogens is 3. The summed E-state index contributed by atoms with van der Waals surface area (Å²) in [4.78, 5) is 34.1. The summed E-state index contributed by atoms with van der Waals surface area (Å²) < 4.78 is 6.95. The van der Waals surface area contributed by atoms with Crippen LogP contribution >= 0.6 is 0 Å². The van der Waals surface area contributed by atoms with Crippen LogP contribution in [0.3, 0.4) is 0 Å². The predicted octanol–water partition coefficient (Wildman–Crippen LogP) is -0.776. The van der Waals surface area contributed by atoms with Crippen molar-refractivity contribution in [2.24, 2.45) is 0 Å². The van der Waals surface area contributed by atoms with Gasteiger partial charge in [0.15, 0.2) is 5.65 Å². The summed E-state index contributed by atoms with van der Waals surface area (Å²) in [6.45, 7) is 3.68. The number of likely N-dealkylation sites (N-methyl/N-ethyl adjacent to an activating group) is 1. The Morgan fingerprint density at radius 3 is 2.65 bits per heavy atom. The van der Waals surface area contributed by atoms with Gasteiger partial charge in [-0.25, -0.2) is 4.52 Å². The maximum atomic E-state index is 12.9. The number of anilines is 2. The van der Waals surface area contributed by atoms with Crippen molar-refractivity contribution in [2.45, 2.75) is 12.8 Å². The van der Waals surface area contributed by atoms with Gasteiger partial charge in [-0.05, 0) is 18.9 Å². The van der Waals surface area contributed by atoms with Crippen LogP contribution in [0.15, 0.2) is 29.6 Å². The van der Waals surface area contributed by atoms with Gasteiger partial charge in [-0.2, -0.15) is 4.98 Å². The Labute approximate surface area is 179 Å². The first-order valence-electron chi connectivity index (χ1n) is 10.4. The molecule has 4 rings (SSSR count). The van der Waals surface area contributed by atoms with Gasteiger partial charge >= 0.3 is 5.91 Å². The lowest BCUT2D eigenvalue weighted by Gasteiger charge is -2.27. The quantitative estimate of drug-likeness (QED) is 0.409. The summed E-state index contributed by atoms with van der Waals surface area (Å²) in [7, 11) is 1.68. The van der Waals surface area contributed by atoms with Crippen LogP contribution in [0.4, 0.5) is 11.6 Å². The largest absolute Gasteiger partial charge is 0.378 e. The normalized spacial score (nSPS) is 17.6. The number of carbonyl (C=O) groups is 2. The molecule has 0 aliphatic carbocycles. The minimum atomic E-state index is -0.453. The van der Waals surface area contributed by atoms with E-state index in [9.17, 15) is 9.59 Å². The number of quaternary nitrogens is 1. The lowest BCUT2D eigenvalue weighted by molar-refractivity contribution is -0.570. The van der Waals surface area contributed by atoms with Gasteiger partial charge in [0.1, 0.15) is 5.57 Å². The van der Waals surface area contributed by atoms with E-state index in [0.717, 1.165) is 32.1 Å². The molecule has 2 aromatic rings. The number of pyridine rings is 1. The molecule has 11 heteroatoms. The average Bonchev–Trinajstić information content (AvgIpc) is 3.47. The molecule has 31 heavy (non-hydrogen) atoms. The SMILES string of the molecule is C[NH2+]/C(C(=O)Nc1ccn2nc(N3CCCC3)nc2c1)=C(\C=N)C(=O)N1CCOCC1. The molecule has 2 aliphatic rings. The van der Waals surface area contributed by atoms with Crippen molar-refractivity contribution in [3.8, 4) is 0 Å². The molecule has 0 atom stereocenters. The Morgan fingerprint density at radius 1 is 1.23 bits per heavy atom. The summed E-state index contributed by atoms with van der Waals surface area (Å²) in [5, 5.41) is 16.6. The van der Waals surface area contributed by atoms with Crippen LogP contribution in [0.5, 0.6) is 0 Å². The number of amides is 2. The van der Waals surface area contributed by atoms with Crippen LogP contribution in [0.1, 0.15) is 12.8 Å². The van der Waals surface area contributed by atoms with Crippen LogP contribution in [0.2, 0.25) is 0 Å². The maximum absolute atomic E-state index is 12.9. The fraction of sp³-hybridized carbons (Fsp3) is 0.450. The Hall–Kier alpha value is -3.31. The number of rotatable bonds is 6. The highest BCUT2D eigenvalue weighted by molar-refractivity contribution is 6.18. The molecule has 0 saturated carbocycles. The molecule has 164 valence electrons. The Balaban J connectivity index is 1.54. The van der Waals surface area contributed by atoms with E-state index >= 15 is 0 Å². The van der Waals surface area contributed by atoms with Crippen LogP contribution in [-0.4, -0.2) is 84.0 Å². The van der Waals surface area contributed by atoms with Crippen molar-refractivity contribution in [2.75, 3.05) is 56.7 Å². The third-order valence-corrected chi connectivity index (χ3v) is 5.47. The zero-order valence-corrected chi connectivity index (χ0v) is 17.5. The zero-order chi connectivity index (χ0) is 21.8. The first-order chi connectivity index (χ1) is 15.1.